The second-order valence-electron chi connectivity index (χ2n) is 4.00. The van der Waals surface area contributed by atoms with Gasteiger partial charge >= 0.3 is 0 Å². The predicted octanol–water partition coefficient (Wildman–Crippen LogP) is 0.660. The SMILES string of the molecule is O=C1CC(O)CN1c1ccc2cn[nH]c2c1. The van der Waals surface area contributed by atoms with Crippen LogP contribution in [0, 0.1) is 0 Å². The number of rotatable bonds is 1. The van der Waals surface area contributed by atoms with Crippen LogP contribution in [0.15, 0.2) is 24.4 Å². The maximum Gasteiger partial charge on any atom is 0.229 e. The molecule has 1 unspecified atom stereocenters. The lowest BCUT2D eigenvalue weighted by Crippen LogP contribution is -2.25. The molecule has 16 heavy (non-hydrogen) atoms. The van der Waals surface area contributed by atoms with Crippen LogP contribution in [-0.4, -0.2) is 33.9 Å². The average molecular weight is 217 g/mol. The van der Waals surface area contributed by atoms with E-state index in [9.17, 15) is 9.90 Å². The van der Waals surface area contributed by atoms with E-state index in [-0.39, 0.29) is 12.3 Å². The molecule has 0 radical (unpaired) electrons. The molecule has 2 heterocycles. The number of hydrogen-bond acceptors (Lipinski definition) is 3. The summed E-state index contributed by atoms with van der Waals surface area (Å²) in [6, 6.07) is 5.65. The van der Waals surface area contributed by atoms with Gasteiger partial charge in [-0.15, -0.1) is 0 Å². The van der Waals surface area contributed by atoms with Gasteiger partial charge in [0.1, 0.15) is 0 Å². The van der Waals surface area contributed by atoms with E-state index < -0.39 is 6.10 Å². The Morgan fingerprint density at radius 3 is 3.12 bits per heavy atom. The van der Waals surface area contributed by atoms with Crippen molar-refractivity contribution in [2.24, 2.45) is 0 Å². The van der Waals surface area contributed by atoms with Crippen LogP contribution in [0.3, 0.4) is 0 Å². The number of aromatic nitrogens is 2. The van der Waals surface area contributed by atoms with Gasteiger partial charge in [0.2, 0.25) is 5.91 Å². The van der Waals surface area contributed by atoms with E-state index in [0.717, 1.165) is 16.6 Å². The van der Waals surface area contributed by atoms with Crippen LogP contribution in [0.2, 0.25) is 0 Å². The van der Waals surface area contributed by atoms with Crippen molar-refractivity contribution in [2.45, 2.75) is 12.5 Å². The molecule has 0 saturated carbocycles. The lowest BCUT2D eigenvalue weighted by atomic mass is 10.2. The Morgan fingerprint density at radius 2 is 2.38 bits per heavy atom. The summed E-state index contributed by atoms with van der Waals surface area (Å²) in [4.78, 5) is 13.2. The summed E-state index contributed by atoms with van der Waals surface area (Å²) in [5.74, 6) is -0.0358. The van der Waals surface area contributed by atoms with E-state index in [2.05, 4.69) is 10.2 Å². The Morgan fingerprint density at radius 1 is 1.50 bits per heavy atom. The number of aliphatic hydroxyl groups is 1. The number of amides is 1. The van der Waals surface area contributed by atoms with Gasteiger partial charge in [0.15, 0.2) is 0 Å². The first-order chi connectivity index (χ1) is 7.74. The van der Waals surface area contributed by atoms with Crippen molar-refractivity contribution in [3.8, 4) is 0 Å². The first-order valence-electron chi connectivity index (χ1n) is 5.15. The molecule has 3 rings (SSSR count). The summed E-state index contributed by atoms with van der Waals surface area (Å²) in [5.41, 5.74) is 1.70. The van der Waals surface area contributed by atoms with Crippen molar-refractivity contribution in [1.82, 2.24) is 10.2 Å². The van der Waals surface area contributed by atoms with Gasteiger partial charge in [-0.25, -0.2) is 0 Å². The molecule has 1 saturated heterocycles. The predicted molar refractivity (Wildman–Crippen MR) is 59.1 cm³/mol. The third-order valence-corrected chi connectivity index (χ3v) is 2.84. The van der Waals surface area contributed by atoms with Gasteiger partial charge in [-0.05, 0) is 18.2 Å². The fourth-order valence-corrected chi connectivity index (χ4v) is 2.03. The number of β-amino-alcohol motifs (C(OH)–C–C–N with tert-alkyl or cyclic N) is 1. The second kappa shape index (κ2) is 3.31. The minimum atomic E-state index is -0.551. The summed E-state index contributed by atoms with van der Waals surface area (Å²) in [6.07, 6.45) is 1.39. The zero-order valence-electron chi connectivity index (χ0n) is 8.55. The number of aliphatic hydroxyl groups excluding tert-OH is 1. The Kier molecular flexibility index (Phi) is 1.94. The summed E-state index contributed by atoms with van der Waals surface area (Å²) < 4.78 is 0. The largest absolute Gasteiger partial charge is 0.391 e. The Labute approximate surface area is 91.7 Å². The monoisotopic (exact) mass is 217 g/mol. The van der Waals surface area contributed by atoms with Crippen molar-refractivity contribution in [1.29, 1.82) is 0 Å². The van der Waals surface area contributed by atoms with Gasteiger partial charge in [-0.2, -0.15) is 5.10 Å². The average Bonchev–Trinajstić information content (AvgIpc) is 2.83. The molecule has 1 fully saturated rings. The van der Waals surface area contributed by atoms with Gasteiger partial charge in [0, 0.05) is 11.1 Å². The lowest BCUT2D eigenvalue weighted by Gasteiger charge is -2.15. The summed E-state index contributed by atoms with van der Waals surface area (Å²) in [5, 5.41) is 17.2. The Balaban J connectivity index is 2.02. The number of nitrogens with zero attached hydrogens (tertiary/aromatic N) is 2. The third kappa shape index (κ3) is 1.37. The molecule has 0 bridgehead atoms. The normalized spacial score (nSPS) is 20.9. The van der Waals surface area contributed by atoms with Crippen molar-refractivity contribution in [3.05, 3.63) is 24.4 Å². The highest BCUT2D eigenvalue weighted by Gasteiger charge is 2.29. The van der Waals surface area contributed by atoms with Gasteiger partial charge in [0.25, 0.3) is 0 Å². The summed E-state index contributed by atoms with van der Waals surface area (Å²) >= 11 is 0. The van der Waals surface area contributed by atoms with Crippen LogP contribution >= 0.6 is 0 Å². The number of hydrogen-bond donors (Lipinski definition) is 2. The molecule has 82 valence electrons. The summed E-state index contributed by atoms with van der Waals surface area (Å²) in [6.45, 7) is 0.373. The topological polar surface area (TPSA) is 69.2 Å². The van der Waals surface area contributed by atoms with Gasteiger partial charge in [-0.3, -0.25) is 9.89 Å². The van der Waals surface area contributed by atoms with Crippen LogP contribution in [0.5, 0.6) is 0 Å². The summed E-state index contributed by atoms with van der Waals surface area (Å²) in [7, 11) is 0. The van der Waals surface area contributed by atoms with Crippen molar-refractivity contribution in [3.63, 3.8) is 0 Å². The maximum atomic E-state index is 11.6. The van der Waals surface area contributed by atoms with Gasteiger partial charge in [-0.1, -0.05) is 0 Å². The minimum absolute atomic E-state index is 0.0358. The third-order valence-electron chi connectivity index (χ3n) is 2.84. The molecule has 0 spiro atoms. The highest BCUT2D eigenvalue weighted by molar-refractivity contribution is 5.97. The number of H-pyrrole nitrogens is 1. The number of nitrogens with one attached hydrogen (secondary N) is 1. The Bertz CT molecular complexity index is 549. The lowest BCUT2D eigenvalue weighted by molar-refractivity contribution is -0.117. The number of aromatic amines is 1. The molecule has 1 atom stereocenters. The molecule has 5 heteroatoms. The fourth-order valence-electron chi connectivity index (χ4n) is 2.03. The van der Waals surface area contributed by atoms with Crippen LogP contribution in [0.1, 0.15) is 6.42 Å². The van der Waals surface area contributed by atoms with Crippen LogP contribution in [0.25, 0.3) is 10.9 Å². The van der Waals surface area contributed by atoms with E-state index in [1.54, 1.807) is 11.1 Å². The van der Waals surface area contributed by atoms with E-state index >= 15 is 0 Å². The highest BCUT2D eigenvalue weighted by atomic mass is 16.3. The van der Waals surface area contributed by atoms with Crippen molar-refractivity contribution < 1.29 is 9.90 Å². The Hall–Kier alpha value is -1.88. The molecule has 1 aliphatic rings. The fraction of sp³-hybridized carbons (Fsp3) is 0.273. The number of anilines is 1. The molecular weight excluding hydrogens is 206 g/mol. The van der Waals surface area contributed by atoms with E-state index in [1.165, 1.54) is 0 Å². The number of carbonyl (C=O) groups excluding carboxylic acids is 1. The van der Waals surface area contributed by atoms with E-state index in [1.807, 2.05) is 18.2 Å². The van der Waals surface area contributed by atoms with Crippen LogP contribution in [-0.2, 0) is 4.79 Å². The first-order valence-corrected chi connectivity index (χ1v) is 5.15. The molecule has 0 aliphatic carbocycles. The quantitative estimate of drug-likeness (QED) is 0.737. The zero-order chi connectivity index (χ0) is 11.1. The molecular formula is C11H11N3O2. The maximum absolute atomic E-state index is 11.6. The number of carbonyl (C=O) groups is 1. The van der Waals surface area contributed by atoms with Gasteiger partial charge < -0.3 is 10.0 Å². The molecule has 1 aromatic carbocycles. The number of benzene rings is 1. The van der Waals surface area contributed by atoms with E-state index in [0.29, 0.717) is 6.54 Å². The van der Waals surface area contributed by atoms with Crippen molar-refractivity contribution in [2.75, 3.05) is 11.4 Å². The first kappa shape index (κ1) is 9.35. The molecule has 1 aromatic heterocycles. The molecule has 1 amide bonds. The van der Waals surface area contributed by atoms with Crippen molar-refractivity contribution >= 4 is 22.5 Å². The van der Waals surface area contributed by atoms with Crippen LogP contribution < -0.4 is 4.90 Å². The van der Waals surface area contributed by atoms with Crippen LogP contribution in [0.4, 0.5) is 5.69 Å². The molecule has 2 N–H and O–H groups in total. The smallest absolute Gasteiger partial charge is 0.229 e. The number of fused-ring (bicyclic) bond motifs is 1. The molecule has 5 nitrogen and oxygen atoms in total. The second-order valence-corrected chi connectivity index (χ2v) is 4.00. The minimum Gasteiger partial charge on any atom is -0.391 e. The highest BCUT2D eigenvalue weighted by Crippen LogP contribution is 2.24. The standard InChI is InChI=1S/C11H11N3O2/c15-9-4-11(16)14(6-9)8-2-1-7-5-12-13-10(7)3-8/h1-3,5,9,15H,4,6H2,(H,12,13). The zero-order valence-corrected chi connectivity index (χ0v) is 8.55. The molecule has 1 aliphatic heterocycles. The van der Waals surface area contributed by atoms with E-state index in [4.69, 9.17) is 0 Å². The van der Waals surface area contributed by atoms with Gasteiger partial charge in [0.05, 0.1) is 30.8 Å². The molecule has 2 aromatic rings.